The zero-order valence-electron chi connectivity index (χ0n) is 48.7. The summed E-state index contributed by atoms with van der Waals surface area (Å²) in [5.74, 6) is -1.84. The summed E-state index contributed by atoms with van der Waals surface area (Å²) in [5.41, 5.74) is 3.56. The van der Waals surface area contributed by atoms with Crippen LogP contribution in [0.2, 0.25) is 0 Å². The van der Waals surface area contributed by atoms with E-state index < -0.39 is 79.3 Å². The van der Waals surface area contributed by atoms with Crippen LogP contribution in [0.5, 0.6) is 0 Å². The van der Waals surface area contributed by atoms with E-state index in [1.165, 1.54) is 97.8 Å². The Labute approximate surface area is 482 Å². The van der Waals surface area contributed by atoms with E-state index in [0.717, 1.165) is 41.5 Å². The zero-order valence-corrected chi connectivity index (χ0v) is 48.7. The molecule has 0 radical (unpaired) electrons. The van der Waals surface area contributed by atoms with E-state index in [0.29, 0.717) is 12.8 Å². The highest BCUT2D eigenvalue weighted by Gasteiger charge is 2.56. The maximum atomic E-state index is 13.4. The minimum absolute atomic E-state index is 0.0783. The van der Waals surface area contributed by atoms with Crippen LogP contribution in [0.15, 0.2) is 134 Å². The van der Waals surface area contributed by atoms with Gasteiger partial charge in [-0.1, -0.05) is 231 Å². The van der Waals surface area contributed by atoms with Gasteiger partial charge in [0.1, 0.15) is 43.2 Å². The molecule has 11 atom stereocenters. The number of hydrogen-bond acceptors (Lipinski definition) is 14. The number of esters is 3. The first-order chi connectivity index (χ1) is 39.6. The average Bonchev–Trinajstić information content (AvgIpc) is 3.57. The molecule has 14 heteroatoms. The van der Waals surface area contributed by atoms with E-state index in [1.54, 1.807) is 0 Å². The van der Waals surface area contributed by atoms with Crippen molar-refractivity contribution in [3.8, 4) is 0 Å². The Morgan fingerprint density at radius 1 is 0.469 bits per heavy atom. The highest BCUT2D eigenvalue weighted by molar-refractivity contribution is 5.67. The van der Waals surface area contributed by atoms with E-state index in [1.807, 2.05) is 127 Å². The molecular weight excluding hydrogens is 1030 g/mol. The van der Waals surface area contributed by atoms with Crippen molar-refractivity contribution in [2.24, 2.45) is 0 Å². The molecule has 2 aliphatic heterocycles. The normalized spacial score (nSPS) is 23.1. The van der Waals surface area contributed by atoms with E-state index in [4.69, 9.17) is 52.1 Å². The molecule has 0 spiro atoms. The number of ether oxygens (including phenoxy) is 11. The fraction of sp³-hybridized carbons (Fsp3) is 0.567. The lowest BCUT2D eigenvalue weighted by atomic mass is 9.95. The van der Waals surface area contributed by atoms with Crippen LogP contribution in [0.4, 0.5) is 0 Å². The summed E-state index contributed by atoms with van der Waals surface area (Å²) in [4.78, 5) is 39.3. The summed E-state index contributed by atoms with van der Waals surface area (Å²) in [6, 6.07) is 38.8. The monoisotopic (exact) mass is 1120 g/mol. The molecule has 2 aliphatic rings. The quantitative estimate of drug-likeness (QED) is 0.0180. The predicted octanol–water partition coefficient (Wildman–Crippen LogP) is 13.4. The molecule has 0 aromatic heterocycles. The van der Waals surface area contributed by atoms with Crippen molar-refractivity contribution in [3.05, 3.63) is 156 Å². The van der Waals surface area contributed by atoms with Crippen molar-refractivity contribution in [1.82, 2.24) is 0 Å². The van der Waals surface area contributed by atoms with Crippen molar-refractivity contribution >= 4 is 17.9 Å². The van der Waals surface area contributed by atoms with Gasteiger partial charge in [-0.3, -0.25) is 14.4 Å². The number of rotatable bonds is 39. The van der Waals surface area contributed by atoms with Crippen molar-refractivity contribution in [1.29, 1.82) is 0 Å². The van der Waals surface area contributed by atoms with Crippen molar-refractivity contribution in [2.75, 3.05) is 13.2 Å². The highest BCUT2D eigenvalue weighted by Crippen LogP contribution is 2.37. The maximum absolute atomic E-state index is 13.4. The van der Waals surface area contributed by atoms with Gasteiger partial charge in [0.25, 0.3) is 0 Å². The fourth-order valence-electron chi connectivity index (χ4n) is 10.5. The van der Waals surface area contributed by atoms with Crippen molar-refractivity contribution in [3.63, 3.8) is 0 Å². The zero-order chi connectivity index (χ0) is 57.3. The molecule has 2 heterocycles. The average molecular weight is 1120 g/mol. The van der Waals surface area contributed by atoms with Crippen LogP contribution in [0.3, 0.4) is 0 Å². The molecule has 0 amide bonds. The maximum Gasteiger partial charge on any atom is 0.303 e. The van der Waals surface area contributed by atoms with Crippen LogP contribution >= 0.6 is 0 Å². The standard InChI is InChI=1S/C67H92O14/c1-6-8-9-10-11-12-13-14-15-16-17-18-19-20-33-43-57(34-7-2)78-67-65(77-52(5)70)63(76-51(4)69)61(58(79-67)48-71-44-53-35-25-21-26-36-53)81-66-64(75-47-56-41-31-24-32-42-56)62(74-46-55-39-29-23-30-40-55)60(59(80-66)49-72-50(3)68)73-45-54-37-27-22-28-38-54/h7,21-32,35-42,57-67H,2,6,8-20,33-34,43-49H2,1,3-5H3/t57-,58+,59+,60+,61-,62-,63-,64+,65+,66+,67+/m0/s1. The second kappa shape index (κ2) is 37.7. The molecule has 444 valence electrons. The third-order valence-electron chi connectivity index (χ3n) is 14.7. The number of carbonyl (C=O) groups is 3. The molecule has 81 heavy (non-hydrogen) atoms. The van der Waals surface area contributed by atoms with E-state index in [9.17, 15) is 14.4 Å². The van der Waals surface area contributed by atoms with E-state index in [2.05, 4.69) is 13.5 Å². The lowest BCUT2D eigenvalue weighted by Gasteiger charge is -2.50. The Balaban J connectivity index is 1.28. The van der Waals surface area contributed by atoms with Gasteiger partial charge in [-0.25, -0.2) is 0 Å². The summed E-state index contributed by atoms with van der Waals surface area (Å²) >= 11 is 0. The molecule has 4 aromatic carbocycles. The van der Waals surface area contributed by atoms with Gasteiger partial charge in [-0.15, -0.1) is 6.58 Å². The first-order valence-corrected chi connectivity index (χ1v) is 29.9. The molecule has 4 aromatic rings. The Morgan fingerprint density at radius 3 is 1.36 bits per heavy atom. The summed E-state index contributed by atoms with van der Waals surface area (Å²) in [6.07, 6.45) is 10.1. The largest absolute Gasteiger partial charge is 0.463 e. The molecular formula is C67H92O14. The summed E-state index contributed by atoms with van der Waals surface area (Å²) in [5, 5.41) is 0. The van der Waals surface area contributed by atoms with Crippen LogP contribution in [-0.4, -0.2) is 98.6 Å². The van der Waals surface area contributed by atoms with Crippen LogP contribution < -0.4 is 0 Å². The summed E-state index contributed by atoms with van der Waals surface area (Å²) < 4.78 is 72.9. The summed E-state index contributed by atoms with van der Waals surface area (Å²) in [7, 11) is 0. The topological polar surface area (TPSA) is 153 Å². The van der Waals surface area contributed by atoms with Gasteiger partial charge in [-0.2, -0.15) is 0 Å². The third-order valence-corrected chi connectivity index (χ3v) is 14.7. The number of hydrogen-bond donors (Lipinski definition) is 0. The molecule has 14 nitrogen and oxygen atoms in total. The van der Waals surface area contributed by atoms with Gasteiger partial charge in [0.15, 0.2) is 24.8 Å². The lowest BCUT2D eigenvalue weighted by Crippen LogP contribution is -2.67. The van der Waals surface area contributed by atoms with Gasteiger partial charge < -0.3 is 52.1 Å². The summed E-state index contributed by atoms with van der Waals surface area (Å²) in [6.45, 7) is 10.5. The lowest BCUT2D eigenvalue weighted by molar-refractivity contribution is -0.373. The van der Waals surface area contributed by atoms with Crippen molar-refractivity contribution < 1.29 is 66.5 Å². The molecule has 0 bridgehead atoms. The second-order valence-corrected chi connectivity index (χ2v) is 21.4. The number of unbranched alkanes of at least 4 members (excludes halogenated alkanes) is 14. The fourth-order valence-corrected chi connectivity index (χ4v) is 10.5. The first-order valence-electron chi connectivity index (χ1n) is 29.9. The van der Waals surface area contributed by atoms with Gasteiger partial charge >= 0.3 is 17.9 Å². The number of carbonyl (C=O) groups excluding carboxylic acids is 3. The van der Waals surface area contributed by atoms with E-state index >= 15 is 0 Å². The van der Waals surface area contributed by atoms with Crippen LogP contribution in [0.25, 0.3) is 0 Å². The first kappa shape index (κ1) is 64.9. The molecule has 0 unspecified atom stereocenters. The molecule has 0 N–H and O–H groups in total. The minimum Gasteiger partial charge on any atom is -0.463 e. The Kier molecular flexibility index (Phi) is 30.2. The molecule has 2 saturated heterocycles. The smallest absolute Gasteiger partial charge is 0.303 e. The molecule has 0 aliphatic carbocycles. The van der Waals surface area contributed by atoms with Gasteiger partial charge in [-0.05, 0) is 35.1 Å². The van der Waals surface area contributed by atoms with Crippen LogP contribution in [0.1, 0.15) is 159 Å². The van der Waals surface area contributed by atoms with Crippen molar-refractivity contribution in [2.45, 2.75) is 231 Å². The van der Waals surface area contributed by atoms with Gasteiger partial charge in [0.05, 0.1) is 39.1 Å². The SMILES string of the molecule is C=CC[C@@H](CCCCCCCCCCCCCCCCC)O[C@@H]1O[C@H](COCc2ccccc2)[C@H](O[C@H]2O[C@H](COC(C)=O)[C@@H](OCc3ccccc3)[C@H](OCc3ccccc3)[C@H]2OCc2ccccc2)[C@H](OC(C)=O)[C@H]1OC(C)=O. The highest BCUT2D eigenvalue weighted by atomic mass is 16.8. The second-order valence-electron chi connectivity index (χ2n) is 21.4. The van der Waals surface area contributed by atoms with E-state index in [-0.39, 0.29) is 45.7 Å². The van der Waals surface area contributed by atoms with Crippen LogP contribution in [0, 0.1) is 0 Å². The predicted molar refractivity (Wildman–Crippen MR) is 310 cm³/mol. The Bertz CT molecular complexity index is 2320. The van der Waals surface area contributed by atoms with Gasteiger partial charge in [0, 0.05) is 20.8 Å². The van der Waals surface area contributed by atoms with Crippen LogP contribution in [-0.2, 0) is 92.9 Å². The third kappa shape index (κ3) is 23.8. The Morgan fingerprint density at radius 2 is 0.889 bits per heavy atom. The van der Waals surface area contributed by atoms with Gasteiger partial charge in [0.2, 0.25) is 0 Å². The Hall–Kier alpha value is -5.29. The minimum atomic E-state index is -1.34. The molecule has 6 rings (SSSR count). The number of benzene rings is 4. The molecule has 2 fully saturated rings. The molecule has 0 saturated carbocycles.